The van der Waals surface area contributed by atoms with Crippen LogP contribution in [0.2, 0.25) is 0 Å². The van der Waals surface area contributed by atoms with E-state index in [0.29, 0.717) is 12.1 Å². The first-order chi connectivity index (χ1) is 15.8. The van der Waals surface area contributed by atoms with Crippen molar-refractivity contribution in [2.45, 2.75) is 37.5 Å². The van der Waals surface area contributed by atoms with Gasteiger partial charge >= 0.3 is 0 Å². The summed E-state index contributed by atoms with van der Waals surface area (Å²) < 4.78 is 54.3. The van der Waals surface area contributed by atoms with Gasteiger partial charge in [0.05, 0.1) is 16.0 Å². The zero-order chi connectivity index (χ0) is 24.9. The maximum atomic E-state index is 14.6. The minimum Gasteiger partial charge on any atom is -0.384 e. The number of benzene rings is 2. The van der Waals surface area contributed by atoms with Crippen LogP contribution in [0.15, 0.2) is 66.9 Å². The standard InChI is InChI=1S/C26H26F2N2O3S/c1-25(2,31)22-16-30(24(29-22)23-20(27)8-5-9-21(23)28)19-12-10-17(11-13-19)18-7-6-14-26(3,15-18)34(4,32)33/h5-14,16,31H,15H2,1-4H3. The number of aromatic nitrogens is 2. The highest BCUT2D eigenvalue weighted by Gasteiger charge is 2.35. The topological polar surface area (TPSA) is 72.2 Å². The van der Waals surface area contributed by atoms with Crippen LogP contribution in [0.4, 0.5) is 8.78 Å². The fourth-order valence-corrected chi connectivity index (χ4v) is 4.66. The van der Waals surface area contributed by atoms with Crippen LogP contribution >= 0.6 is 0 Å². The summed E-state index contributed by atoms with van der Waals surface area (Å²) in [5.41, 5.74) is 0.943. The fourth-order valence-electron chi connectivity index (χ4n) is 3.91. The lowest BCUT2D eigenvalue weighted by Crippen LogP contribution is -2.33. The second-order valence-electron chi connectivity index (χ2n) is 9.33. The minimum atomic E-state index is -3.31. The first kappa shape index (κ1) is 24.0. The lowest BCUT2D eigenvalue weighted by atomic mass is 9.90. The van der Waals surface area contributed by atoms with Gasteiger partial charge in [-0.05, 0) is 62.6 Å². The van der Waals surface area contributed by atoms with E-state index in [2.05, 4.69) is 4.98 Å². The van der Waals surface area contributed by atoms with Crippen LogP contribution in [0.1, 0.15) is 38.4 Å². The molecule has 0 saturated carbocycles. The summed E-state index contributed by atoms with van der Waals surface area (Å²) in [5, 5.41) is 10.5. The van der Waals surface area contributed by atoms with Gasteiger partial charge in [0.2, 0.25) is 0 Å². The molecule has 0 aliphatic heterocycles. The Hall–Kier alpha value is -3.10. The van der Waals surface area contributed by atoms with Gasteiger partial charge < -0.3 is 5.11 Å². The van der Waals surface area contributed by atoms with Crippen molar-refractivity contribution >= 4 is 15.4 Å². The normalized spacial score (nSPS) is 18.7. The van der Waals surface area contributed by atoms with E-state index in [1.165, 1.54) is 16.9 Å². The number of allylic oxidation sites excluding steroid dienone is 3. The van der Waals surface area contributed by atoms with Gasteiger partial charge in [-0.2, -0.15) is 0 Å². The zero-order valence-electron chi connectivity index (χ0n) is 19.4. The summed E-state index contributed by atoms with van der Waals surface area (Å²) in [4.78, 5) is 4.35. The highest BCUT2D eigenvalue weighted by molar-refractivity contribution is 7.92. The van der Waals surface area contributed by atoms with Crippen molar-refractivity contribution in [3.63, 3.8) is 0 Å². The number of halogens is 2. The van der Waals surface area contributed by atoms with Gasteiger partial charge in [-0.25, -0.2) is 22.2 Å². The SMILES string of the molecule is CC(C)(O)c1cn(-c2ccc(C3=CC=CC(C)(S(C)(=O)=O)C3)cc2)c(-c2c(F)cccc2F)n1. The molecule has 1 heterocycles. The molecule has 3 aromatic rings. The minimum absolute atomic E-state index is 0.0324. The summed E-state index contributed by atoms with van der Waals surface area (Å²) in [6, 6.07) is 10.8. The molecule has 5 nitrogen and oxygen atoms in total. The van der Waals surface area contributed by atoms with Crippen molar-refractivity contribution in [3.8, 4) is 17.1 Å². The molecule has 0 amide bonds. The second-order valence-corrected chi connectivity index (χ2v) is 11.8. The molecule has 2 aromatic carbocycles. The first-order valence-electron chi connectivity index (χ1n) is 10.8. The first-order valence-corrected chi connectivity index (χ1v) is 12.6. The number of aliphatic hydroxyl groups is 1. The molecule has 178 valence electrons. The number of sulfone groups is 1. The third-order valence-corrected chi connectivity index (χ3v) is 8.14. The predicted molar refractivity (Wildman–Crippen MR) is 129 cm³/mol. The van der Waals surface area contributed by atoms with Crippen LogP contribution in [-0.4, -0.2) is 34.1 Å². The lowest BCUT2D eigenvalue weighted by molar-refractivity contribution is 0.0743. The van der Waals surface area contributed by atoms with Crippen LogP contribution in [0.25, 0.3) is 22.6 Å². The summed E-state index contributed by atoms with van der Waals surface area (Å²) in [5.74, 6) is -1.49. The van der Waals surface area contributed by atoms with Crippen molar-refractivity contribution in [3.05, 3.63) is 89.8 Å². The van der Waals surface area contributed by atoms with E-state index < -0.39 is 31.8 Å². The van der Waals surface area contributed by atoms with Gasteiger partial charge in [0.25, 0.3) is 0 Å². The predicted octanol–water partition coefficient (Wildman–Crippen LogP) is 5.19. The zero-order valence-corrected chi connectivity index (χ0v) is 20.2. The maximum Gasteiger partial charge on any atom is 0.156 e. The smallest absolute Gasteiger partial charge is 0.156 e. The van der Waals surface area contributed by atoms with Gasteiger partial charge in [-0.15, -0.1) is 0 Å². The van der Waals surface area contributed by atoms with Crippen LogP contribution < -0.4 is 0 Å². The Bertz CT molecular complexity index is 1390. The Morgan fingerprint density at radius 1 is 1.09 bits per heavy atom. The van der Waals surface area contributed by atoms with Crippen molar-refractivity contribution in [1.82, 2.24) is 9.55 Å². The van der Waals surface area contributed by atoms with Crippen LogP contribution in [0.5, 0.6) is 0 Å². The molecule has 0 saturated heterocycles. The average Bonchev–Trinajstić information content (AvgIpc) is 3.19. The molecular formula is C26H26F2N2O3S. The Morgan fingerprint density at radius 2 is 1.71 bits per heavy atom. The molecular weight excluding hydrogens is 458 g/mol. The van der Waals surface area contributed by atoms with Crippen molar-refractivity contribution in [2.75, 3.05) is 6.26 Å². The van der Waals surface area contributed by atoms with E-state index >= 15 is 0 Å². The van der Waals surface area contributed by atoms with E-state index in [4.69, 9.17) is 0 Å². The van der Waals surface area contributed by atoms with Crippen molar-refractivity contribution in [2.24, 2.45) is 0 Å². The van der Waals surface area contributed by atoms with Crippen LogP contribution in [0.3, 0.4) is 0 Å². The Morgan fingerprint density at radius 3 is 2.26 bits per heavy atom. The molecule has 1 atom stereocenters. The Labute approximate surface area is 198 Å². The van der Waals surface area contributed by atoms with E-state index in [-0.39, 0.29) is 17.1 Å². The second kappa shape index (κ2) is 8.29. The number of hydrogen-bond acceptors (Lipinski definition) is 4. The Kier molecular flexibility index (Phi) is 5.86. The highest BCUT2D eigenvalue weighted by Crippen LogP contribution is 2.36. The maximum absolute atomic E-state index is 14.6. The van der Waals surface area contributed by atoms with E-state index in [1.807, 2.05) is 18.2 Å². The van der Waals surface area contributed by atoms with E-state index in [1.54, 1.807) is 51.3 Å². The van der Waals surface area contributed by atoms with Gasteiger partial charge in [-0.3, -0.25) is 4.57 Å². The summed E-state index contributed by atoms with van der Waals surface area (Å²) in [7, 11) is -3.31. The summed E-state index contributed by atoms with van der Waals surface area (Å²) >= 11 is 0. The number of nitrogens with zero attached hydrogens (tertiary/aromatic N) is 2. The number of imidazole rings is 1. The summed E-state index contributed by atoms with van der Waals surface area (Å²) in [6.45, 7) is 4.79. The van der Waals surface area contributed by atoms with Gasteiger partial charge in [0.1, 0.15) is 17.2 Å². The molecule has 0 bridgehead atoms. The molecule has 1 aromatic heterocycles. The van der Waals surface area contributed by atoms with E-state index in [0.717, 1.165) is 23.3 Å². The van der Waals surface area contributed by atoms with Crippen LogP contribution in [0, 0.1) is 11.6 Å². The highest BCUT2D eigenvalue weighted by atomic mass is 32.2. The lowest BCUT2D eigenvalue weighted by Gasteiger charge is -2.28. The molecule has 8 heteroatoms. The summed E-state index contributed by atoms with van der Waals surface area (Å²) in [6.07, 6.45) is 8.44. The molecule has 34 heavy (non-hydrogen) atoms. The van der Waals surface area contributed by atoms with Crippen molar-refractivity contribution in [1.29, 1.82) is 0 Å². The van der Waals surface area contributed by atoms with Gasteiger partial charge in [-0.1, -0.05) is 36.4 Å². The average molecular weight is 485 g/mol. The number of rotatable bonds is 5. The van der Waals surface area contributed by atoms with Gasteiger partial charge in [0, 0.05) is 18.1 Å². The van der Waals surface area contributed by atoms with E-state index in [9.17, 15) is 22.3 Å². The monoisotopic (exact) mass is 484 g/mol. The largest absolute Gasteiger partial charge is 0.384 e. The number of hydrogen-bond donors (Lipinski definition) is 1. The molecule has 4 rings (SSSR count). The molecule has 1 aliphatic carbocycles. The quantitative estimate of drug-likeness (QED) is 0.541. The molecule has 0 radical (unpaired) electrons. The van der Waals surface area contributed by atoms with Gasteiger partial charge in [0.15, 0.2) is 15.7 Å². The molecule has 1 aliphatic rings. The molecule has 0 fully saturated rings. The Balaban J connectivity index is 1.77. The molecule has 1 N–H and O–H groups in total. The van der Waals surface area contributed by atoms with Crippen LogP contribution in [-0.2, 0) is 15.4 Å². The third-order valence-electron chi connectivity index (χ3n) is 6.17. The molecule has 0 spiro atoms. The third kappa shape index (κ3) is 4.35. The van der Waals surface area contributed by atoms with Crippen molar-refractivity contribution < 1.29 is 22.3 Å². The molecule has 1 unspecified atom stereocenters. The fraction of sp³-hybridized carbons (Fsp3) is 0.269.